The van der Waals surface area contributed by atoms with E-state index >= 15 is 0 Å². The molecule has 2 rings (SSSR count). The van der Waals surface area contributed by atoms with Crippen molar-refractivity contribution in [2.75, 3.05) is 11.1 Å². The lowest BCUT2D eigenvalue weighted by Crippen LogP contribution is -2.06. The molecule has 0 aromatic heterocycles. The van der Waals surface area contributed by atoms with Crippen LogP contribution in [0.15, 0.2) is 18.2 Å². The Morgan fingerprint density at radius 2 is 2.33 bits per heavy atom. The third kappa shape index (κ3) is 2.57. The Kier molecular flexibility index (Phi) is 3.06. The first-order chi connectivity index (χ1) is 7.20. The number of nitrogen functional groups attached to an aromatic ring is 1. The van der Waals surface area contributed by atoms with Crippen molar-refractivity contribution in [3.05, 3.63) is 23.2 Å². The number of hydrogen-bond donors (Lipinski definition) is 2. The van der Waals surface area contributed by atoms with E-state index < -0.39 is 0 Å². The maximum atomic E-state index is 5.92. The Hall–Kier alpha value is -0.890. The molecule has 0 amide bonds. The first kappa shape index (κ1) is 10.6. The summed E-state index contributed by atoms with van der Waals surface area (Å²) in [5.74, 6) is 0.827. The summed E-state index contributed by atoms with van der Waals surface area (Å²) in [6.07, 6.45) is 3.83. The van der Waals surface area contributed by atoms with Gasteiger partial charge in [0.25, 0.3) is 0 Å². The summed E-state index contributed by atoms with van der Waals surface area (Å²) in [7, 11) is 0. The molecule has 1 aromatic carbocycles. The second-order valence-corrected chi connectivity index (χ2v) is 4.70. The van der Waals surface area contributed by atoms with Crippen LogP contribution in [-0.2, 0) is 0 Å². The van der Waals surface area contributed by atoms with Gasteiger partial charge in [-0.2, -0.15) is 0 Å². The van der Waals surface area contributed by atoms with Gasteiger partial charge in [0.2, 0.25) is 0 Å². The molecule has 82 valence electrons. The smallest absolute Gasteiger partial charge is 0.0591 e. The van der Waals surface area contributed by atoms with Gasteiger partial charge in [-0.1, -0.05) is 24.9 Å². The number of nitrogens with one attached hydrogen (secondary N) is 1. The molecule has 3 heteroatoms. The van der Waals surface area contributed by atoms with Crippen molar-refractivity contribution in [3.8, 4) is 0 Å². The van der Waals surface area contributed by atoms with Gasteiger partial charge in [0, 0.05) is 11.1 Å². The van der Waals surface area contributed by atoms with E-state index in [4.69, 9.17) is 17.3 Å². The van der Waals surface area contributed by atoms with Crippen LogP contribution in [-0.4, -0.2) is 6.04 Å². The Morgan fingerprint density at radius 1 is 1.53 bits per heavy atom. The maximum absolute atomic E-state index is 5.92. The van der Waals surface area contributed by atoms with Gasteiger partial charge >= 0.3 is 0 Å². The summed E-state index contributed by atoms with van der Waals surface area (Å²) >= 11 is 5.92. The lowest BCUT2D eigenvalue weighted by molar-refractivity contribution is 0.693. The van der Waals surface area contributed by atoms with Crippen molar-refractivity contribution < 1.29 is 0 Å². The topological polar surface area (TPSA) is 38.0 Å². The number of anilines is 2. The summed E-state index contributed by atoms with van der Waals surface area (Å²) in [6, 6.07) is 6.17. The predicted octanol–water partition coefficient (Wildman–Crippen LogP) is 3.52. The molecule has 0 bridgehead atoms. The van der Waals surface area contributed by atoms with Gasteiger partial charge in [-0.15, -0.1) is 0 Å². The van der Waals surface area contributed by atoms with Crippen LogP contribution in [0.4, 0.5) is 11.4 Å². The van der Waals surface area contributed by atoms with Gasteiger partial charge in [-0.05, 0) is 37.0 Å². The number of rotatable bonds is 4. The standard InChI is InChI=1S/C12H17ClN2/c1-2-3-8-6-11(8)15-12-7-9(13)4-5-10(12)14/h4-5,7-8,11,15H,2-3,6,14H2,1H3. The van der Waals surface area contributed by atoms with Gasteiger partial charge in [0.05, 0.1) is 11.4 Å². The maximum Gasteiger partial charge on any atom is 0.0591 e. The molecular weight excluding hydrogens is 208 g/mol. The van der Waals surface area contributed by atoms with Gasteiger partial charge in [0.1, 0.15) is 0 Å². The molecule has 1 aromatic rings. The van der Waals surface area contributed by atoms with Crippen LogP contribution in [0.1, 0.15) is 26.2 Å². The molecule has 0 spiro atoms. The van der Waals surface area contributed by atoms with Crippen molar-refractivity contribution in [3.63, 3.8) is 0 Å². The van der Waals surface area contributed by atoms with Crippen molar-refractivity contribution in [1.29, 1.82) is 0 Å². The lowest BCUT2D eigenvalue weighted by Gasteiger charge is -2.09. The highest BCUT2D eigenvalue weighted by Crippen LogP contribution is 2.38. The normalized spacial score (nSPS) is 23.9. The van der Waals surface area contributed by atoms with Crippen molar-refractivity contribution >= 4 is 23.0 Å². The fourth-order valence-corrected chi connectivity index (χ4v) is 2.14. The second kappa shape index (κ2) is 4.31. The second-order valence-electron chi connectivity index (χ2n) is 4.27. The summed E-state index contributed by atoms with van der Waals surface area (Å²) in [4.78, 5) is 0. The van der Waals surface area contributed by atoms with Crippen molar-refractivity contribution in [2.45, 2.75) is 32.2 Å². The minimum absolute atomic E-state index is 0.603. The summed E-state index contributed by atoms with van der Waals surface area (Å²) < 4.78 is 0. The average Bonchev–Trinajstić information content (AvgIpc) is 2.91. The van der Waals surface area contributed by atoms with Crippen LogP contribution >= 0.6 is 11.6 Å². The minimum atomic E-state index is 0.603. The number of benzene rings is 1. The molecule has 2 atom stereocenters. The molecule has 15 heavy (non-hydrogen) atoms. The first-order valence-corrected chi connectivity index (χ1v) is 5.90. The van der Waals surface area contributed by atoms with Gasteiger partial charge in [0.15, 0.2) is 0 Å². The number of hydrogen-bond acceptors (Lipinski definition) is 2. The zero-order valence-electron chi connectivity index (χ0n) is 8.96. The Labute approximate surface area is 95.8 Å². The fourth-order valence-electron chi connectivity index (χ4n) is 1.97. The van der Waals surface area contributed by atoms with Crippen LogP contribution < -0.4 is 11.1 Å². The first-order valence-electron chi connectivity index (χ1n) is 5.52. The highest BCUT2D eigenvalue weighted by molar-refractivity contribution is 6.31. The van der Waals surface area contributed by atoms with Gasteiger partial charge < -0.3 is 11.1 Å². The van der Waals surface area contributed by atoms with Gasteiger partial charge in [-0.25, -0.2) is 0 Å². The van der Waals surface area contributed by atoms with Crippen molar-refractivity contribution in [1.82, 2.24) is 0 Å². The predicted molar refractivity (Wildman–Crippen MR) is 66.3 cm³/mol. The highest BCUT2D eigenvalue weighted by atomic mass is 35.5. The monoisotopic (exact) mass is 224 g/mol. The van der Waals surface area contributed by atoms with E-state index in [-0.39, 0.29) is 0 Å². The summed E-state index contributed by atoms with van der Waals surface area (Å²) in [6.45, 7) is 2.23. The number of halogens is 1. The number of nitrogens with two attached hydrogens (primary N) is 1. The van der Waals surface area contributed by atoms with Crippen molar-refractivity contribution in [2.24, 2.45) is 5.92 Å². The lowest BCUT2D eigenvalue weighted by atomic mass is 10.2. The van der Waals surface area contributed by atoms with E-state index in [0.29, 0.717) is 6.04 Å². The third-order valence-electron chi connectivity index (χ3n) is 2.94. The van der Waals surface area contributed by atoms with E-state index in [2.05, 4.69) is 12.2 Å². The van der Waals surface area contributed by atoms with E-state index in [9.17, 15) is 0 Å². The molecule has 3 N–H and O–H groups in total. The largest absolute Gasteiger partial charge is 0.397 e. The third-order valence-corrected chi connectivity index (χ3v) is 3.17. The molecule has 2 unspecified atom stereocenters. The quantitative estimate of drug-likeness (QED) is 0.768. The zero-order chi connectivity index (χ0) is 10.8. The molecule has 2 nitrogen and oxygen atoms in total. The fraction of sp³-hybridized carbons (Fsp3) is 0.500. The van der Waals surface area contributed by atoms with Gasteiger partial charge in [-0.3, -0.25) is 0 Å². The summed E-state index contributed by atoms with van der Waals surface area (Å²) in [5.41, 5.74) is 7.62. The van der Waals surface area contributed by atoms with Crippen LogP contribution in [0.25, 0.3) is 0 Å². The average molecular weight is 225 g/mol. The van der Waals surface area contributed by atoms with E-state index in [1.807, 2.05) is 18.2 Å². The Morgan fingerprint density at radius 3 is 3.07 bits per heavy atom. The molecule has 0 aliphatic heterocycles. The molecule has 0 radical (unpaired) electrons. The molecule has 0 saturated heterocycles. The molecule has 1 aliphatic carbocycles. The van der Waals surface area contributed by atoms with Crippen LogP contribution in [0, 0.1) is 5.92 Å². The SMILES string of the molecule is CCCC1CC1Nc1cc(Cl)ccc1N. The highest BCUT2D eigenvalue weighted by Gasteiger charge is 2.36. The van der Waals surface area contributed by atoms with Crippen LogP contribution in [0.3, 0.4) is 0 Å². The molecule has 0 heterocycles. The molecule has 1 aliphatic rings. The van der Waals surface area contributed by atoms with E-state index in [1.165, 1.54) is 19.3 Å². The minimum Gasteiger partial charge on any atom is -0.397 e. The molecule has 1 saturated carbocycles. The van der Waals surface area contributed by atoms with E-state index in [1.54, 1.807) is 0 Å². The Bertz CT molecular complexity index is 351. The van der Waals surface area contributed by atoms with Crippen LogP contribution in [0.2, 0.25) is 5.02 Å². The summed E-state index contributed by atoms with van der Waals surface area (Å²) in [5, 5.41) is 4.19. The molecular formula is C12H17ClN2. The van der Waals surface area contributed by atoms with E-state index in [0.717, 1.165) is 22.3 Å². The Balaban J connectivity index is 1.97. The van der Waals surface area contributed by atoms with Crippen LogP contribution in [0.5, 0.6) is 0 Å². The molecule has 1 fully saturated rings. The zero-order valence-corrected chi connectivity index (χ0v) is 9.72.